The van der Waals surface area contributed by atoms with Crippen molar-refractivity contribution in [3.8, 4) is 0 Å². The van der Waals surface area contributed by atoms with E-state index in [2.05, 4.69) is 19.9 Å². The first-order chi connectivity index (χ1) is 7.70. The maximum atomic E-state index is 11.1. The van der Waals surface area contributed by atoms with E-state index in [0.717, 1.165) is 12.8 Å². The molecule has 16 heavy (non-hydrogen) atoms. The van der Waals surface area contributed by atoms with Crippen molar-refractivity contribution in [2.24, 2.45) is 0 Å². The minimum absolute atomic E-state index is 0.0822. The Morgan fingerprint density at radius 2 is 1.88 bits per heavy atom. The molecule has 0 aliphatic rings. The highest BCUT2D eigenvalue weighted by Gasteiger charge is 2.01. The Balaban J connectivity index is 3.51. The molecule has 0 fully saturated rings. The first-order valence-corrected chi connectivity index (χ1v) is 6.52. The molecule has 0 atom stereocenters. The third kappa shape index (κ3) is 9.75. The molecule has 0 amide bonds. The number of carbonyl (C=O) groups excluding carboxylic acids is 1. The van der Waals surface area contributed by atoms with Crippen LogP contribution in [-0.2, 0) is 9.53 Å². The van der Waals surface area contributed by atoms with Crippen LogP contribution in [0.1, 0.15) is 65.7 Å². The normalized spacial score (nSPS) is 11.6. The summed E-state index contributed by atoms with van der Waals surface area (Å²) >= 11 is 0. The zero-order chi connectivity index (χ0) is 12.2. The predicted octanol–water partition coefficient (Wildman–Crippen LogP) is 4.25. The molecule has 0 spiro atoms. The number of hydrogen-bond donors (Lipinski definition) is 0. The van der Waals surface area contributed by atoms with E-state index < -0.39 is 0 Å². The predicted molar refractivity (Wildman–Crippen MR) is 68.4 cm³/mol. The summed E-state index contributed by atoms with van der Waals surface area (Å²) in [6.07, 6.45) is 9.96. The van der Waals surface area contributed by atoms with E-state index >= 15 is 0 Å². The van der Waals surface area contributed by atoms with Gasteiger partial charge in [0.05, 0.1) is 6.61 Å². The molecule has 0 unspecified atom stereocenters. The summed E-state index contributed by atoms with van der Waals surface area (Å²) in [5, 5.41) is 0. The lowest BCUT2D eigenvalue weighted by Gasteiger charge is -2.02. The van der Waals surface area contributed by atoms with Crippen molar-refractivity contribution >= 4 is 5.97 Å². The van der Waals surface area contributed by atoms with Gasteiger partial charge in [0.15, 0.2) is 0 Å². The van der Waals surface area contributed by atoms with Crippen LogP contribution in [0.5, 0.6) is 0 Å². The fraction of sp³-hybridized carbons (Fsp3) is 0.786. The molecule has 0 heterocycles. The third-order valence-electron chi connectivity index (χ3n) is 2.58. The van der Waals surface area contributed by atoms with E-state index in [9.17, 15) is 4.79 Å². The van der Waals surface area contributed by atoms with Crippen molar-refractivity contribution in [3.63, 3.8) is 0 Å². The van der Waals surface area contributed by atoms with Gasteiger partial charge in [0.1, 0.15) is 0 Å². The lowest BCUT2D eigenvalue weighted by atomic mass is 10.1. The van der Waals surface area contributed by atoms with E-state index in [0.29, 0.717) is 13.0 Å². The molecule has 0 aromatic heterocycles. The van der Waals surface area contributed by atoms with Crippen LogP contribution in [-0.4, -0.2) is 12.6 Å². The summed E-state index contributed by atoms with van der Waals surface area (Å²) in [4.78, 5) is 11.1. The highest BCUT2D eigenvalue weighted by Crippen LogP contribution is 2.09. The topological polar surface area (TPSA) is 26.3 Å². The van der Waals surface area contributed by atoms with Crippen molar-refractivity contribution in [2.45, 2.75) is 65.7 Å². The lowest BCUT2D eigenvalue weighted by molar-refractivity contribution is -0.143. The molecule has 0 bridgehead atoms. The van der Waals surface area contributed by atoms with Gasteiger partial charge >= 0.3 is 5.97 Å². The first kappa shape index (κ1) is 15.2. The Labute approximate surface area is 100 Å². The van der Waals surface area contributed by atoms with Gasteiger partial charge in [-0.15, -0.1) is 0 Å². The van der Waals surface area contributed by atoms with Crippen molar-refractivity contribution in [1.29, 1.82) is 0 Å². The Morgan fingerprint density at radius 3 is 2.50 bits per heavy atom. The number of rotatable bonds is 9. The maximum absolute atomic E-state index is 11.1. The zero-order valence-electron chi connectivity index (χ0n) is 11.1. The molecule has 2 heteroatoms. The Hall–Kier alpha value is -0.790. The van der Waals surface area contributed by atoms with Crippen LogP contribution in [0.3, 0.4) is 0 Å². The number of ether oxygens (including phenoxy) is 1. The number of carbonyl (C=O) groups is 1. The smallest absolute Gasteiger partial charge is 0.306 e. The van der Waals surface area contributed by atoms with Crippen LogP contribution >= 0.6 is 0 Å². The van der Waals surface area contributed by atoms with Gasteiger partial charge in [-0.3, -0.25) is 4.79 Å². The molecular formula is C14H26O2. The minimum Gasteiger partial charge on any atom is -0.466 e. The SMILES string of the molecule is CCCCCC/C=C(\C)CCC(=O)OCC. The van der Waals surface area contributed by atoms with Crippen LogP contribution in [0.15, 0.2) is 11.6 Å². The zero-order valence-corrected chi connectivity index (χ0v) is 11.1. The van der Waals surface area contributed by atoms with E-state index in [4.69, 9.17) is 4.74 Å². The van der Waals surface area contributed by atoms with E-state index in [-0.39, 0.29) is 5.97 Å². The second kappa shape index (κ2) is 10.7. The average molecular weight is 226 g/mol. The van der Waals surface area contributed by atoms with Gasteiger partial charge in [-0.25, -0.2) is 0 Å². The monoisotopic (exact) mass is 226 g/mol. The minimum atomic E-state index is -0.0822. The quantitative estimate of drug-likeness (QED) is 0.334. The van der Waals surface area contributed by atoms with Crippen LogP contribution in [0.2, 0.25) is 0 Å². The van der Waals surface area contributed by atoms with Gasteiger partial charge in [0.2, 0.25) is 0 Å². The van der Waals surface area contributed by atoms with E-state index in [1.807, 2.05) is 6.92 Å². The van der Waals surface area contributed by atoms with Gasteiger partial charge in [0, 0.05) is 6.42 Å². The summed E-state index contributed by atoms with van der Waals surface area (Å²) in [5.41, 5.74) is 1.31. The lowest BCUT2D eigenvalue weighted by Crippen LogP contribution is -2.03. The Kier molecular flexibility index (Phi) is 10.2. The average Bonchev–Trinajstić information content (AvgIpc) is 2.26. The van der Waals surface area contributed by atoms with Gasteiger partial charge in [0.25, 0.3) is 0 Å². The Bertz CT molecular complexity index is 207. The van der Waals surface area contributed by atoms with Crippen LogP contribution in [0, 0.1) is 0 Å². The summed E-state index contributed by atoms with van der Waals surface area (Å²) in [6, 6.07) is 0. The van der Waals surface area contributed by atoms with Crippen LogP contribution in [0.4, 0.5) is 0 Å². The Morgan fingerprint density at radius 1 is 1.12 bits per heavy atom. The fourth-order valence-corrected chi connectivity index (χ4v) is 1.55. The molecule has 0 rings (SSSR count). The van der Waals surface area contributed by atoms with Crippen LogP contribution < -0.4 is 0 Å². The number of unbranched alkanes of at least 4 members (excludes halogenated alkanes) is 4. The van der Waals surface area contributed by atoms with E-state index in [1.165, 1.54) is 31.3 Å². The summed E-state index contributed by atoms with van der Waals surface area (Å²) in [6.45, 7) is 6.65. The molecular weight excluding hydrogens is 200 g/mol. The molecule has 0 aromatic rings. The number of esters is 1. The third-order valence-corrected chi connectivity index (χ3v) is 2.58. The molecule has 94 valence electrons. The summed E-state index contributed by atoms with van der Waals surface area (Å²) < 4.78 is 4.88. The van der Waals surface area contributed by atoms with Crippen molar-refractivity contribution < 1.29 is 9.53 Å². The van der Waals surface area contributed by atoms with Gasteiger partial charge in [-0.1, -0.05) is 37.8 Å². The number of allylic oxidation sites excluding steroid dienone is 2. The summed E-state index contributed by atoms with van der Waals surface area (Å²) in [7, 11) is 0. The second-order valence-corrected chi connectivity index (χ2v) is 4.20. The van der Waals surface area contributed by atoms with Gasteiger partial charge < -0.3 is 4.74 Å². The highest BCUT2D eigenvalue weighted by molar-refractivity contribution is 5.69. The van der Waals surface area contributed by atoms with Crippen molar-refractivity contribution in [3.05, 3.63) is 11.6 Å². The summed E-state index contributed by atoms with van der Waals surface area (Å²) in [5.74, 6) is -0.0822. The molecule has 0 saturated heterocycles. The standard InChI is InChI=1S/C14H26O2/c1-4-6-7-8-9-10-13(3)11-12-14(15)16-5-2/h10H,4-9,11-12H2,1-3H3/b13-10+. The second-order valence-electron chi connectivity index (χ2n) is 4.20. The highest BCUT2D eigenvalue weighted by atomic mass is 16.5. The largest absolute Gasteiger partial charge is 0.466 e. The number of hydrogen-bond acceptors (Lipinski definition) is 2. The first-order valence-electron chi connectivity index (χ1n) is 6.52. The van der Waals surface area contributed by atoms with Crippen LogP contribution in [0.25, 0.3) is 0 Å². The van der Waals surface area contributed by atoms with Crippen molar-refractivity contribution in [2.75, 3.05) is 6.61 Å². The molecule has 0 aliphatic heterocycles. The fourth-order valence-electron chi connectivity index (χ4n) is 1.55. The molecule has 0 N–H and O–H groups in total. The van der Waals surface area contributed by atoms with Gasteiger partial charge in [-0.05, 0) is 33.1 Å². The molecule has 2 nitrogen and oxygen atoms in total. The molecule has 0 saturated carbocycles. The molecule has 0 aromatic carbocycles. The molecule has 0 aliphatic carbocycles. The molecule has 0 radical (unpaired) electrons. The van der Waals surface area contributed by atoms with Crippen molar-refractivity contribution in [1.82, 2.24) is 0 Å². The van der Waals surface area contributed by atoms with E-state index in [1.54, 1.807) is 0 Å². The maximum Gasteiger partial charge on any atom is 0.306 e. The van der Waals surface area contributed by atoms with Gasteiger partial charge in [-0.2, -0.15) is 0 Å².